The highest BCUT2D eigenvalue weighted by atomic mass is 19.1. The molecule has 29 heavy (non-hydrogen) atoms. The van der Waals surface area contributed by atoms with E-state index in [2.05, 4.69) is 27.0 Å². The molecule has 2 aliphatic heterocycles. The number of imidazole rings is 1. The Labute approximate surface area is 168 Å². The number of piperazine rings is 1. The van der Waals surface area contributed by atoms with Gasteiger partial charge in [-0.05, 0) is 50.1 Å². The molecule has 6 nitrogen and oxygen atoms in total. The molecule has 0 bridgehead atoms. The molecule has 0 radical (unpaired) electrons. The number of rotatable bonds is 3. The maximum atomic E-state index is 14.4. The first-order valence-electron chi connectivity index (χ1n) is 10.1. The number of hydrogen-bond acceptors (Lipinski definition) is 5. The van der Waals surface area contributed by atoms with Crippen molar-refractivity contribution in [3.8, 4) is 0 Å². The van der Waals surface area contributed by atoms with E-state index in [9.17, 15) is 8.78 Å². The van der Waals surface area contributed by atoms with Crippen molar-refractivity contribution in [3.05, 3.63) is 53.7 Å². The van der Waals surface area contributed by atoms with Crippen molar-refractivity contribution in [1.82, 2.24) is 19.9 Å². The SMILES string of the molecule is C[C@@H]1CN(c2cnc3ccc(N4CCC[C@@H]4c4cc(F)ccc4F)nn23)CCN1. The summed E-state index contributed by atoms with van der Waals surface area (Å²) in [5.74, 6) is 0.929. The molecule has 2 aliphatic rings. The van der Waals surface area contributed by atoms with E-state index in [4.69, 9.17) is 5.10 Å². The smallest absolute Gasteiger partial charge is 0.156 e. The van der Waals surface area contributed by atoms with Crippen LogP contribution in [0.5, 0.6) is 0 Å². The summed E-state index contributed by atoms with van der Waals surface area (Å²) in [6.45, 7) is 5.62. The van der Waals surface area contributed by atoms with E-state index in [1.807, 2.05) is 22.8 Å². The normalized spacial score (nSPS) is 22.6. The Kier molecular flexibility index (Phi) is 4.58. The number of halogens is 2. The van der Waals surface area contributed by atoms with Gasteiger partial charge in [-0.1, -0.05) is 0 Å². The second kappa shape index (κ2) is 7.26. The summed E-state index contributed by atoms with van der Waals surface area (Å²) in [5, 5.41) is 8.29. The average Bonchev–Trinajstić information content (AvgIpc) is 3.36. The summed E-state index contributed by atoms with van der Waals surface area (Å²) in [7, 11) is 0. The van der Waals surface area contributed by atoms with Crippen molar-refractivity contribution < 1.29 is 8.78 Å². The first kappa shape index (κ1) is 18.3. The van der Waals surface area contributed by atoms with Crippen molar-refractivity contribution in [1.29, 1.82) is 0 Å². The maximum Gasteiger partial charge on any atom is 0.156 e. The number of nitrogens with one attached hydrogen (secondary N) is 1. The molecule has 2 fully saturated rings. The minimum absolute atomic E-state index is 0.221. The van der Waals surface area contributed by atoms with E-state index in [-0.39, 0.29) is 11.9 Å². The molecule has 3 aromatic rings. The molecule has 1 N–H and O–H groups in total. The van der Waals surface area contributed by atoms with Gasteiger partial charge in [-0.15, -0.1) is 5.10 Å². The number of aromatic nitrogens is 3. The standard InChI is InChI=1S/C21H24F2N6/c1-14-13-27(10-8-24-14)21-12-25-19-6-7-20(26-29(19)21)28-9-2-3-18(28)16-11-15(22)4-5-17(16)23/h4-7,11-12,14,18,24H,2-3,8-10,13H2,1H3/t14-,18-/m1/s1. The van der Waals surface area contributed by atoms with Gasteiger partial charge in [-0.25, -0.2) is 13.8 Å². The monoisotopic (exact) mass is 398 g/mol. The highest BCUT2D eigenvalue weighted by Crippen LogP contribution is 2.36. The molecule has 4 heterocycles. The zero-order valence-electron chi connectivity index (χ0n) is 16.4. The number of fused-ring (bicyclic) bond motifs is 1. The molecule has 0 amide bonds. The predicted molar refractivity (Wildman–Crippen MR) is 108 cm³/mol. The van der Waals surface area contributed by atoms with E-state index in [0.29, 0.717) is 11.6 Å². The molecule has 152 valence electrons. The first-order chi connectivity index (χ1) is 14.1. The summed E-state index contributed by atoms with van der Waals surface area (Å²) >= 11 is 0. The van der Waals surface area contributed by atoms with Crippen molar-refractivity contribution in [3.63, 3.8) is 0 Å². The summed E-state index contributed by atoms with van der Waals surface area (Å²) < 4.78 is 30.0. The van der Waals surface area contributed by atoms with Crippen LogP contribution in [0.25, 0.3) is 5.65 Å². The Morgan fingerprint density at radius 1 is 1.14 bits per heavy atom. The van der Waals surface area contributed by atoms with Gasteiger partial charge in [-0.3, -0.25) is 0 Å². The first-order valence-corrected chi connectivity index (χ1v) is 10.1. The summed E-state index contributed by atoms with van der Waals surface area (Å²) in [6, 6.07) is 7.71. The van der Waals surface area contributed by atoms with Gasteiger partial charge in [0, 0.05) is 37.8 Å². The van der Waals surface area contributed by atoms with Gasteiger partial charge in [0.15, 0.2) is 11.5 Å². The minimum Gasteiger partial charge on any atom is -0.352 e. The lowest BCUT2D eigenvalue weighted by molar-refractivity contribution is 0.480. The largest absolute Gasteiger partial charge is 0.352 e. The quantitative estimate of drug-likeness (QED) is 0.735. The fraction of sp³-hybridized carbons (Fsp3) is 0.429. The molecular weight excluding hydrogens is 374 g/mol. The Bertz CT molecular complexity index is 1040. The second-order valence-electron chi connectivity index (χ2n) is 7.90. The second-order valence-corrected chi connectivity index (χ2v) is 7.90. The highest BCUT2D eigenvalue weighted by Gasteiger charge is 2.30. The Morgan fingerprint density at radius 2 is 2.03 bits per heavy atom. The van der Waals surface area contributed by atoms with Gasteiger partial charge in [0.2, 0.25) is 0 Å². The van der Waals surface area contributed by atoms with Gasteiger partial charge < -0.3 is 15.1 Å². The van der Waals surface area contributed by atoms with Crippen LogP contribution < -0.4 is 15.1 Å². The number of anilines is 2. The molecule has 0 unspecified atom stereocenters. The molecule has 2 saturated heterocycles. The third kappa shape index (κ3) is 3.31. The summed E-state index contributed by atoms with van der Waals surface area (Å²) in [5.41, 5.74) is 1.17. The Hall–Kier alpha value is -2.74. The van der Waals surface area contributed by atoms with E-state index in [0.717, 1.165) is 62.4 Å². The molecule has 2 aromatic heterocycles. The average molecular weight is 398 g/mol. The van der Waals surface area contributed by atoms with Gasteiger partial charge in [-0.2, -0.15) is 4.52 Å². The molecule has 0 aliphatic carbocycles. The van der Waals surface area contributed by atoms with Gasteiger partial charge in [0.05, 0.1) is 12.2 Å². The van der Waals surface area contributed by atoms with Crippen LogP contribution in [-0.4, -0.2) is 46.8 Å². The lowest BCUT2D eigenvalue weighted by Crippen LogP contribution is -2.49. The van der Waals surface area contributed by atoms with Crippen LogP contribution >= 0.6 is 0 Å². The van der Waals surface area contributed by atoms with Crippen molar-refractivity contribution in [2.24, 2.45) is 0 Å². The number of hydrogen-bond donors (Lipinski definition) is 1. The topological polar surface area (TPSA) is 48.7 Å². The van der Waals surface area contributed by atoms with E-state index < -0.39 is 5.82 Å². The maximum absolute atomic E-state index is 14.4. The molecular formula is C21H24F2N6. The molecule has 5 rings (SSSR count). The number of nitrogens with zero attached hydrogens (tertiary/aromatic N) is 5. The number of benzene rings is 1. The fourth-order valence-electron chi connectivity index (χ4n) is 4.49. The fourth-order valence-corrected chi connectivity index (χ4v) is 4.49. The van der Waals surface area contributed by atoms with Gasteiger partial charge in [0.1, 0.15) is 17.5 Å². The van der Waals surface area contributed by atoms with Gasteiger partial charge >= 0.3 is 0 Å². The molecule has 8 heteroatoms. The van der Waals surface area contributed by atoms with Crippen molar-refractivity contribution >= 4 is 17.3 Å². The van der Waals surface area contributed by atoms with Crippen LogP contribution in [0.2, 0.25) is 0 Å². The van der Waals surface area contributed by atoms with E-state index in [1.54, 1.807) is 0 Å². The third-order valence-electron chi connectivity index (χ3n) is 5.89. The zero-order valence-corrected chi connectivity index (χ0v) is 16.4. The Balaban J connectivity index is 1.51. The molecule has 0 saturated carbocycles. The molecule has 2 atom stereocenters. The van der Waals surface area contributed by atoms with E-state index in [1.165, 1.54) is 12.1 Å². The lowest BCUT2D eigenvalue weighted by atomic mass is 10.0. The van der Waals surface area contributed by atoms with Crippen LogP contribution in [0.3, 0.4) is 0 Å². The molecule has 1 aromatic carbocycles. The van der Waals surface area contributed by atoms with Crippen LogP contribution in [0.1, 0.15) is 31.4 Å². The van der Waals surface area contributed by atoms with Crippen LogP contribution in [0.4, 0.5) is 20.4 Å². The van der Waals surface area contributed by atoms with Gasteiger partial charge in [0.25, 0.3) is 0 Å². The van der Waals surface area contributed by atoms with Crippen molar-refractivity contribution in [2.45, 2.75) is 31.8 Å². The zero-order chi connectivity index (χ0) is 20.0. The minimum atomic E-state index is -0.415. The summed E-state index contributed by atoms with van der Waals surface area (Å²) in [6.07, 6.45) is 3.54. The summed E-state index contributed by atoms with van der Waals surface area (Å²) in [4.78, 5) is 8.85. The predicted octanol–water partition coefficient (Wildman–Crippen LogP) is 3.15. The highest BCUT2D eigenvalue weighted by molar-refractivity contribution is 5.55. The van der Waals surface area contributed by atoms with E-state index >= 15 is 0 Å². The van der Waals surface area contributed by atoms with Crippen LogP contribution in [-0.2, 0) is 0 Å². The molecule has 0 spiro atoms. The lowest BCUT2D eigenvalue weighted by Gasteiger charge is -2.32. The van der Waals surface area contributed by atoms with Crippen molar-refractivity contribution in [2.75, 3.05) is 36.0 Å². The van der Waals surface area contributed by atoms with Crippen LogP contribution in [0, 0.1) is 11.6 Å². The van der Waals surface area contributed by atoms with Crippen LogP contribution in [0.15, 0.2) is 36.5 Å². The third-order valence-corrected chi connectivity index (χ3v) is 5.89. The Morgan fingerprint density at radius 3 is 2.90 bits per heavy atom.